The van der Waals surface area contributed by atoms with Crippen molar-refractivity contribution in [3.05, 3.63) is 57.7 Å². The summed E-state index contributed by atoms with van der Waals surface area (Å²) in [5.74, 6) is 0.883. The van der Waals surface area contributed by atoms with E-state index in [1.165, 1.54) is 5.56 Å². The molecule has 0 aliphatic carbocycles. The van der Waals surface area contributed by atoms with Crippen molar-refractivity contribution in [2.75, 3.05) is 5.32 Å². The van der Waals surface area contributed by atoms with Crippen LogP contribution in [0.1, 0.15) is 16.8 Å². The van der Waals surface area contributed by atoms with Crippen molar-refractivity contribution in [3.8, 4) is 0 Å². The van der Waals surface area contributed by atoms with E-state index < -0.39 is 0 Å². The Balaban J connectivity index is 2.04. The topological polar surface area (TPSA) is 50.9 Å². The minimum Gasteiger partial charge on any atom is -0.366 e. The highest BCUT2D eigenvalue weighted by molar-refractivity contribution is 9.10. The first-order valence-electron chi connectivity index (χ1n) is 5.84. The summed E-state index contributed by atoms with van der Waals surface area (Å²) in [6.07, 6.45) is 0. The molecule has 1 heterocycles. The average molecular weight is 306 g/mol. The number of halogens is 1. The van der Waals surface area contributed by atoms with E-state index in [-0.39, 0.29) is 0 Å². The second-order valence-corrected chi connectivity index (χ2v) is 5.00. The molecule has 0 radical (unpaired) electrons. The van der Waals surface area contributed by atoms with Gasteiger partial charge in [-0.25, -0.2) is 4.98 Å². The van der Waals surface area contributed by atoms with Gasteiger partial charge in [0.25, 0.3) is 0 Å². The first-order chi connectivity index (χ1) is 8.69. The minimum atomic E-state index is 0.573. The maximum absolute atomic E-state index is 5.62. The molecular formula is C14H16BrN3. The number of nitrogens with zero attached hydrogens (tertiary/aromatic N) is 1. The number of aromatic nitrogens is 1. The molecule has 18 heavy (non-hydrogen) atoms. The zero-order valence-corrected chi connectivity index (χ0v) is 11.9. The summed E-state index contributed by atoms with van der Waals surface area (Å²) in [4.78, 5) is 4.45. The van der Waals surface area contributed by atoms with Gasteiger partial charge in [-0.1, -0.05) is 24.3 Å². The van der Waals surface area contributed by atoms with E-state index in [2.05, 4.69) is 38.4 Å². The van der Waals surface area contributed by atoms with Crippen LogP contribution in [-0.4, -0.2) is 4.98 Å². The van der Waals surface area contributed by atoms with Gasteiger partial charge in [-0.05, 0) is 46.1 Å². The Morgan fingerprint density at radius 3 is 2.72 bits per heavy atom. The fourth-order valence-electron chi connectivity index (χ4n) is 1.70. The molecule has 2 rings (SSSR count). The van der Waals surface area contributed by atoms with E-state index in [9.17, 15) is 0 Å². The largest absolute Gasteiger partial charge is 0.366 e. The fourth-order valence-corrected chi connectivity index (χ4v) is 1.92. The van der Waals surface area contributed by atoms with Gasteiger partial charge >= 0.3 is 0 Å². The van der Waals surface area contributed by atoms with E-state index in [1.807, 2.05) is 31.2 Å². The third-order valence-electron chi connectivity index (χ3n) is 2.72. The molecule has 94 valence electrons. The zero-order valence-electron chi connectivity index (χ0n) is 10.3. The third kappa shape index (κ3) is 3.31. The first kappa shape index (κ1) is 13.1. The van der Waals surface area contributed by atoms with Crippen molar-refractivity contribution in [1.29, 1.82) is 0 Å². The van der Waals surface area contributed by atoms with Crippen LogP contribution in [0.2, 0.25) is 0 Å². The van der Waals surface area contributed by atoms with Gasteiger partial charge in [0.15, 0.2) is 0 Å². The molecule has 0 fully saturated rings. The molecule has 4 heteroatoms. The number of pyridine rings is 1. The first-order valence-corrected chi connectivity index (χ1v) is 6.63. The summed E-state index contributed by atoms with van der Waals surface area (Å²) < 4.78 is 1.03. The number of rotatable bonds is 4. The highest BCUT2D eigenvalue weighted by Crippen LogP contribution is 2.16. The lowest BCUT2D eigenvalue weighted by molar-refractivity contribution is 1.04. The van der Waals surface area contributed by atoms with Gasteiger partial charge in [0.05, 0.1) is 5.69 Å². The molecule has 0 aliphatic rings. The van der Waals surface area contributed by atoms with Crippen LogP contribution in [-0.2, 0) is 13.1 Å². The Kier molecular flexibility index (Phi) is 4.33. The van der Waals surface area contributed by atoms with Crippen molar-refractivity contribution in [3.63, 3.8) is 0 Å². The molecule has 0 saturated heterocycles. The monoisotopic (exact) mass is 305 g/mol. The second kappa shape index (κ2) is 5.98. The van der Waals surface area contributed by atoms with Crippen LogP contribution in [0, 0.1) is 6.92 Å². The fraction of sp³-hybridized carbons (Fsp3) is 0.214. The molecule has 0 aliphatic heterocycles. The van der Waals surface area contributed by atoms with Crippen LogP contribution in [0.25, 0.3) is 0 Å². The predicted molar refractivity (Wildman–Crippen MR) is 78.3 cm³/mol. The predicted octanol–water partition coefficient (Wildman–Crippen LogP) is 3.22. The maximum Gasteiger partial charge on any atom is 0.126 e. The van der Waals surface area contributed by atoms with Crippen LogP contribution in [0.15, 0.2) is 40.9 Å². The van der Waals surface area contributed by atoms with Crippen LogP contribution in [0.4, 0.5) is 5.82 Å². The molecule has 2 aromatic rings. The highest BCUT2D eigenvalue weighted by Gasteiger charge is 1.99. The van der Waals surface area contributed by atoms with Crippen LogP contribution < -0.4 is 11.1 Å². The Morgan fingerprint density at radius 2 is 2.00 bits per heavy atom. The summed E-state index contributed by atoms with van der Waals surface area (Å²) >= 11 is 3.44. The summed E-state index contributed by atoms with van der Waals surface area (Å²) in [5, 5.41) is 3.31. The van der Waals surface area contributed by atoms with Crippen molar-refractivity contribution in [2.45, 2.75) is 20.0 Å². The summed E-state index contributed by atoms with van der Waals surface area (Å²) in [6, 6.07) is 12.2. The van der Waals surface area contributed by atoms with E-state index in [0.717, 1.165) is 28.1 Å². The van der Waals surface area contributed by atoms with Crippen LogP contribution in [0.3, 0.4) is 0 Å². The molecule has 1 aromatic heterocycles. The van der Waals surface area contributed by atoms with E-state index in [4.69, 9.17) is 5.73 Å². The van der Waals surface area contributed by atoms with Gasteiger partial charge < -0.3 is 11.1 Å². The third-order valence-corrected chi connectivity index (χ3v) is 3.56. The van der Waals surface area contributed by atoms with Gasteiger partial charge in [-0.2, -0.15) is 0 Å². The standard InChI is InChI=1S/C14H16BrN3/c1-10-13(15)5-6-14(18-10)17-9-12-4-2-3-11(7-12)8-16/h2-7H,8-9,16H2,1H3,(H,17,18). The quantitative estimate of drug-likeness (QED) is 0.912. The van der Waals surface area contributed by atoms with Crippen LogP contribution in [0.5, 0.6) is 0 Å². The number of anilines is 1. The number of nitrogens with one attached hydrogen (secondary N) is 1. The van der Waals surface area contributed by atoms with E-state index in [1.54, 1.807) is 0 Å². The molecule has 0 spiro atoms. The Labute approximate surface area is 116 Å². The van der Waals surface area contributed by atoms with Crippen molar-refractivity contribution < 1.29 is 0 Å². The molecule has 0 saturated carbocycles. The molecule has 0 amide bonds. The summed E-state index contributed by atoms with van der Waals surface area (Å²) in [6.45, 7) is 3.30. The molecule has 0 bridgehead atoms. The van der Waals surface area contributed by atoms with Gasteiger partial charge in [0.2, 0.25) is 0 Å². The summed E-state index contributed by atoms with van der Waals surface area (Å²) in [7, 11) is 0. The smallest absolute Gasteiger partial charge is 0.126 e. The number of hydrogen-bond donors (Lipinski definition) is 2. The molecule has 0 atom stereocenters. The Morgan fingerprint density at radius 1 is 1.22 bits per heavy atom. The lowest BCUT2D eigenvalue weighted by Gasteiger charge is -2.08. The minimum absolute atomic E-state index is 0.573. The second-order valence-electron chi connectivity index (χ2n) is 4.14. The number of benzene rings is 1. The normalized spacial score (nSPS) is 10.4. The molecule has 0 unspecified atom stereocenters. The number of hydrogen-bond acceptors (Lipinski definition) is 3. The van der Waals surface area contributed by atoms with Crippen molar-refractivity contribution in [2.24, 2.45) is 5.73 Å². The van der Waals surface area contributed by atoms with Crippen molar-refractivity contribution in [1.82, 2.24) is 4.98 Å². The average Bonchev–Trinajstić information content (AvgIpc) is 2.40. The molecule has 3 nitrogen and oxygen atoms in total. The lowest BCUT2D eigenvalue weighted by atomic mass is 10.1. The van der Waals surface area contributed by atoms with E-state index in [0.29, 0.717) is 6.54 Å². The Bertz CT molecular complexity index is 540. The summed E-state index contributed by atoms with van der Waals surface area (Å²) in [5.41, 5.74) is 8.96. The van der Waals surface area contributed by atoms with Gasteiger partial charge in [-0.3, -0.25) is 0 Å². The zero-order chi connectivity index (χ0) is 13.0. The van der Waals surface area contributed by atoms with Crippen LogP contribution >= 0.6 is 15.9 Å². The van der Waals surface area contributed by atoms with Gasteiger partial charge in [-0.15, -0.1) is 0 Å². The lowest BCUT2D eigenvalue weighted by Crippen LogP contribution is -2.03. The highest BCUT2D eigenvalue weighted by atomic mass is 79.9. The van der Waals surface area contributed by atoms with Crippen molar-refractivity contribution >= 4 is 21.7 Å². The van der Waals surface area contributed by atoms with Gasteiger partial charge in [0, 0.05) is 17.6 Å². The Hall–Kier alpha value is -1.39. The number of aryl methyl sites for hydroxylation is 1. The van der Waals surface area contributed by atoms with Gasteiger partial charge in [0.1, 0.15) is 5.82 Å². The molecular weight excluding hydrogens is 290 g/mol. The molecule has 3 N–H and O–H groups in total. The van der Waals surface area contributed by atoms with E-state index >= 15 is 0 Å². The number of nitrogens with two attached hydrogens (primary N) is 1. The molecule has 1 aromatic carbocycles. The maximum atomic E-state index is 5.62. The SMILES string of the molecule is Cc1nc(NCc2cccc(CN)c2)ccc1Br.